The summed E-state index contributed by atoms with van der Waals surface area (Å²) in [5.41, 5.74) is 1.61. The van der Waals surface area contributed by atoms with Crippen molar-refractivity contribution in [3.63, 3.8) is 0 Å². The topological polar surface area (TPSA) is 73.0 Å². The van der Waals surface area contributed by atoms with Crippen molar-refractivity contribution in [3.05, 3.63) is 46.3 Å². The van der Waals surface area contributed by atoms with Gasteiger partial charge in [-0.15, -0.1) is 11.8 Å². The number of rotatable bonds is 6. The van der Waals surface area contributed by atoms with Gasteiger partial charge in [-0.25, -0.2) is 0 Å². The largest absolute Gasteiger partial charge is 0.380 e. The predicted molar refractivity (Wildman–Crippen MR) is 80.0 cm³/mol. The monoisotopic (exact) mass is 292 g/mol. The molecule has 0 fully saturated rings. The summed E-state index contributed by atoms with van der Waals surface area (Å²) >= 11 is 1.61. The van der Waals surface area contributed by atoms with Crippen LogP contribution in [0.3, 0.4) is 0 Å². The molecule has 0 unspecified atom stereocenters. The Bertz CT molecular complexity index is 612. The summed E-state index contributed by atoms with van der Waals surface area (Å²) in [7, 11) is 1.86. The van der Waals surface area contributed by atoms with Crippen molar-refractivity contribution >= 4 is 23.1 Å². The molecular formula is C13H16N4O2S. The van der Waals surface area contributed by atoms with Gasteiger partial charge in [0, 0.05) is 36.5 Å². The van der Waals surface area contributed by atoms with Crippen LogP contribution in [0, 0.1) is 10.1 Å². The van der Waals surface area contributed by atoms with Crippen LogP contribution in [0.15, 0.2) is 35.5 Å². The van der Waals surface area contributed by atoms with Gasteiger partial charge in [-0.2, -0.15) is 5.10 Å². The van der Waals surface area contributed by atoms with Crippen LogP contribution in [0.4, 0.5) is 11.4 Å². The van der Waals surface area contributed by atoms with Crippen LogP contribution in [0.5, 0.6) is 0 Å². The summed E-state index contributed by atoms with van der Waals surface area (Å²) in [6.07, 6.45) is 3.71. The Hall–Kier alpha value is -2.02. The minimum absolute atomic E-state index is 0.121. The molecule has 2 aromatic rings. The van der Waals surface area contributed by atoms with Crippen molar-refractivity contribution in [2.45, 2.75) is 17.6 Å². The first-order valence-electron chi connectivity index (χ1n) is 6.22. The van der Waals surface area contributed by atoms with Gasteiger partial charge in [-0.3, -0.25) is 14.8 Å². The summed E-state index contributed by atoms with van der Waals surface area (Å²) in [5, 5.41) is 18.2. The molecule has 1 heterocycles. The third kappa shape index (κ3) is 3.51. The minimum Gasteiger partial charge on any atom is -0.380 e. The van der Waals surface area contributed by atoms with Crippen LogP contribution in [-0.4, -0.2) is 21.2 Å². The first-order chi connectivity index (χ1) is 9.60. The van der Waals surface area contributed by atoms with Crippen molar-refractivity contribution in [1.82, 2.24) is 9.78 Å². The average molecular weight is 292 g/mol. The second-order valence-electron chi connectivity index (χ2n) is 4.28. The van der Waals surface area contributed by atoms with E-state index in [0.717, 1.165) is 10.5 Å². The number of hydrogen-bond donors (Lipinski definition) is 1. The number of nitro groups is 1. The van der Waals surface area contributed by atoms with E-state index in [1.165, 1.54) is 0 Å². The highest BCUT2D eigenvalue weighted by atomic mass is 32.2. The van der Waals surface area contributed by atoms with E-state index in [9.17, 15) is 10.1 Å². The lowest BCUT2D eigenvalue weighted by Gasteiger charge is -2.06. The number of benzene rings is 1. The molecule has 0 saturated heterocycles. The quantitative estimate of drug-likeness (QED) is 0.503. The van der Waals surface area contributed by atoms with Gasteiger partial charge < -0.3 is 5.32 Å². The van der Waals surface area contributed by atoms with Gasteiger partial charge in [0.25, 0.3) is 5.69 Å². The van der Waals surface area contributed by atoms with Gasteiger partial charge in [-0.05, 0) is 18.6 Å². The molecular weight excluding hydrogens is 276 g/mol. The number of thioether (sulfide) groups is 1. The first kappa shape index (κ1) is 14.4. The van der Waals surface area contributed by atoms with Crippen molar-refractivity contribution < 1.29 is 4.92 Å². The Morgan fingerprint density at radius 2 is 2.30 bits per heavy atom. The lowest BCUT2D eigenvalue weighted by molar-refractivity contribution is -0.384. The van der Waals surface area contributed by atoms with Crippen molar-refractivity contribution in [2.75, 3.05) is 11.9 Å². The molecule has 106 valence electrons. The zero-order chi connectivity index (χ0) is 14.5. The van der Waals surface area contributed by atoms with Gasteiger partial charge in [0.05, 0.1) is 11.1 Å². The predicted octanol–water partition coefficient (Wildman–Crippen LogP) is 3.05. The molecule has 6 nitrogen and oxygen atoms in total. The highest BCUT2D eigenvalue weighted by Crippen LogP contribution is 2.29. The molecule has 0 spiro atoms. The Balaban J connectivity index is 2.12. The van der Waals surface area contributed by atoms with E-state index in [2.05, 4.69) is 10.4 Å². The molecule has 0 radical (unpaired) electrons. The smallest absolute Gasteiger partial charge is 0.292 e. The van der Waals surface area contributed by atoms with E-state index in [1.807, 2.05) is 26.2 Å². The number of anilines is 1. The van der Waals surface area contributed by atoms with Gasteiger partial charge in [0.15, 0.2) is 0 Å². The molecule has 1 aromatic carbocycles. The van der Waals surface area contributed by atoms with Crippen molar-refractivity contribution in [1.29, 1.82) is 0 Å². The lowest BCUT2D eigenvalue weighted by Crippen LogP contribution is -2.01. The number of nitrogens with zero attached hydrogens (tertiary/aromatic N) is 3. The summed E-state index contributed by atoms with van der Waals surface area (Å²) in [6.45, 7) is 2.57. The van der Waals surface area contributed by atoms with Gasteiger partial charge in [0.2, 0.25) is 0 Å². The summed E-state index contributed by atoms with van der Waals surface area (Å²) in [4.78, 5) is 11.8. The third-order valence-electron chi connectivity index (χ3n) is 2.71. The molecule has 0 bridgehead atoms. The molecule has 0 aliphatic carbocycles. The van der Waals surface area contributed by atoms with E-state index in [0.29, 0.717) is 18.0 Å². The maximum atomic E-state index is 11.1. The normalized spacial score (nSPS) is 10.5. The fourth-order valence-electron chi connectivity index (χ4n) is 1.80. The summed E-state index contributed by atoms with van der Waals surface area (Å²) < 4.78 is 1.74. The molecule has 0 aliphatic heterocycles. The summed E-state index contributed by atoms with van der Waals surface area (Å²) in [5.74, 6) is 0.680. The van der Waals surface area contributed by atoms with Crippen LogP contribution in [0.1, 0.15) is 12.5 Å². The Labute approximate surface area is 121 Å². The average Bonchev–Trinajstić information content (AvgIpc) is 2.83. The number of aryl methyl sites for hydroxylation is 1. The third-order valence-corrected chi connectivity index (χ3v) is 3.73. The molecule has 2 rings (SSSR count). The van der Waals surface area contributed by atoms with Crippen LogP contribution >= 0.6 is 11.8 Å². The van der Waals surface area contributed by atoms with Gasteiger partial charge in [0.1, 0.15) is 5.69 Å². The second kappa shape index (κ2) is 6.42. The van der Waals surface area contributed by atoms with Crippen LogP contribution in [0.25, 0.3) is 0 Å². The molecule has 0 saturated carbocycles. The Kier molecular flexibility index (Phi) is 4.62. The van der Waals surface area contributed by atoms with Crippen molar-refractivity contribution in [3.8, 4) is 0 Å². The van der Waals surface area contributed by atoms with Gasteiger partial charge >= 0.3 is 0 Å². The standard InChI is InChI=1S/C13H16N4O2S/c1-3-14-12-5-4-10(6-13(12)17(18)19)9-20-11-7-15-16(2)8-11/h4-8,14H,3,9H2,1-2H3. The molecule has 0 atom stereocenters. The van der Waals surface area contributed by atoms with E-state index in [4.69, 9.17) is 0 Å². The number of nitrogens with one attached hydrogen (secondary N) is 1. The molecule has 20 heavy (non-hydrogen) atoms. The summed E-state index contributed by atoms with van der Waals surface area (Å²) in [6, 6.07) is 5.30. The number of aromatic nitrogens is 2. The second-order valence-corrected chi connectivity index (χ2v) is 5.33. The molecule has 0 aliphatic rings. The highest BCUT2D eigenvalue weighted by Gasteiger charge is 2.14. The number of nitro benzene ring substituents is 1. The first-order valence-corrected chi connectivity index (χ1v) is 7.21. The molecule has 0 amide bonds. The molecule has 1 N–H and O–H groups in total. The van der Waals surface area contributed by atoms with Gasteiger partial charge in [-0.1, -0.05) is 6.07 Å². The van der Waals surface area contributed by atoms with E-state index >= 15 is 0 Å². The highest BCUT2D eigenvalue weighted by molar-refractivity contribution is 7.98. The maximum Gasteiger partial charge on any atom is 0.292 e. The lowest BCUT2D eigenvalue weighted by atomic mass is 10.2. The number of hydrogen-bond acceptors (Lipinski definition) is 5. The Morgan fingerprint density at radius 3 is 2.90 bits per heavy atom. The van der Waals surface area contributed by atoms with E-state index in [1.54, 1.807) is 34.8 Å². The Morgan fingerprint density at radius 1 is 1.50 bits per heavy atom. The van der Waals surface area contributed by atoms with E-state index < -0.39 is 0 Å². The van der Waals surface area contributed by atoms with E-state index in [-0.39, 0.29) is 10.6 Å². The van der Waals surface area contributed by atoms with Crippen molar-refractivity contribution in [2.24, 2.45) is 7.05 Å². The zero-order valence-electron chi connectivity index (χ0n) is 11.4. The maximum absolute atomic E-state index is 11.1. The molecule has 1 aromatic heterocycles. The fourth-order valence-corrected chi connectivity index (χ4v) is 2.66. The van der Waals surface area contributed by atoms with Crippen LogP contribution in [-0.2, 0) is 12.8 Å². The SMILES string of the molecule is CCNc1ccc(CSc2cnn(C)c2)cc1[N+](=O)[O-]. The van der Waals surface area contributed by atoms with Crippen LogP contribution in [0.2, 0.25) is 0 Å². The van der Waals surface area contributed by atoms with Crippen LogP contribution < -0.4 is 5.32 Å². The molecule has 7 heteroatoms. The minimum atomic E-state index is -0.351. The zero-order valence-corrected chi connectivity index (χ0v) is 12.2. The fraction of sp³-hybridized carbons (Fsp3) is 0.308.